The zero-order valence-corrected chi connectivity index (χ0v) is 9.45. The Labute approximate surface area is 78.9 Å². The molecule has 0 aromatic rings. The molecule has 1 fully saturated rings. The Morgan fingerprint density at radius 3 is 2.45 bits per heavy atom. The lowest BCUT2D eigenvalue weighted by Gasteiger charge is -2.17. The van der Waals surface area contributed by atoms with Crippen molar-refractivity contribution >= 4 is 15.9 Å². The predicted octanol–water partition coefficient (Wildman–Crippen LogP) is 3.84. The fraction of sp³-hybridized carbons (Fsp3) is 1.00. The Bertz CT molecular complexity index is 129. The van der Waals surface area contributed by atoms with E-state index >= 15 is 0 Å². The van der Waals surface area contributed by atoms with Gasteiger partial charge in [0, 0.05) is 5.33 Å². The van der Waals surface area contributed by atoms with Crippen LogP contribution in [0.3, 0.4) is 0 Å². The summed E-state index contributed by atoms with van der Waals surface area (Å²) in [7, 11) is 0. The quantitative estimate of drug-likeness (QED) is 0.630. The third-order valence-electron chi connectivity index (χ3n) is 3.32. The lowest BCUT2D eigenvalue weighted by molar-refractivity contribution is 0.375. The summed E-state index contributed by atoms with van der Waals surface area (Å²) < 4.78 is 0. The maximum atomic E-state index is 3.63. The molecule has 0 aromatic carbocycles. The molecule has 11 heavy (non-hydrogen) atoms. The molecular weight excluding hydrogens is 200 g/mol. The van der Waals surface area contributed by atoms with E-state index in [0.29, 0.717) is 5.41 Å². The first-order valence-corrected chi connectivity index (χ1v) is 5.82. The highest BCUT2D eigenvalue weighted by molar-refractivity contribution is 9.09. The van der Waals surface area contributed by atoms with E-state index in [4.69, 9.17) is 0 Å². The van der Waals surface area contributed by atoms with Crippen LogP contribution in [-0.2, 0) is 0 Å². The second-order valence-corrected chi connectivity index (χ2v) is 4.88. The Hall–Kier alpha value is 0.480. The van der Waals surface area contributed by atoms with Crippen molar-refractivity contribution in [3.05, 3.63) is 0 Å². The van der Waals surface area contributed by atoms with Gasteiger partial charge in [0.1, 0.15) is 0 Å². The molecule has 1 saturated carbocycles. The van der Waals surface area contributed by atoms with Gasteiger partial charge in [-0.25, -0.2) is 0 Å². The summed E-state index contributed by atoms with van der Waals surface area (Å²) in [6, 6.07) is 0. The van der Waals surface area contributed by atoms with Crippen molar-refractivity contribution in [1.82, 2.24) is 0 Å². The Morgan fingerprint density at radius 2 is 2.18 bits per heavy atom. The van der Waals surface area contributed by atoms with Crippen LogP contribution in [-0.4, -0.2) is 5.33 Å². The smallest absolute Gasteiger partial charge is 0.00907 e. The molecule has 0 nitrogen and oxygen atoms in total. The van der Waals surface area contributed by atoms with Crippen LogP contribution in [0.2, 0.25) is 0 Å². The highest BCUT2D eigenvalue weighted by atomic mass is 79.9. The van der Waals surface area contributed by atoms with E-state index in [9.17, 15) is 0 Å². The molecule has 1 aliphatic rings. The van der Waals surface area contributed by atoms with Crippen molar-refractivity contribution in [3.8, 4) is 0 Å². The average Bonchev–Trinajstić information content (AvgIpc) is 2.62. The molecule has 0 saturated heterocycles. The third kappa shape index (κ3) is 1.99. The first kappa shape index (κ1) is 9.57. The molecule has 0 heterocycles. The molecule has 0 N–H and O–H groups in total. The summed E-state index contributed by atoms with van der Waals surface area (Å²) in [4.78, 5) is 0. The molecule has 3 atom stereocenters. The summed E-state index contributed by atoms with van der Waals surface area (Å²) in [5, 5.41) is 1.21. The van der Waals surface area contributed by atoms with Gasteiger partial charge in [0.05, 0.1) is 0 Å². The fourth-order valence-electron chi connectivity index (χ4n) is 1.91. The predicted molar refractivity (Wildman–Crippen MR) is 54.1 cm³/mol. The van der Waals surface area contributed by atoms with Crippen LogP contribution >= 0.6 is 15.9 Å². The van der Waals surface area contributed by atoms with Gasteiger partial charge < -0.3 is 0 Å². The number of hydrogen-bond donors (Lipinski definition) is 0. The number of hydrogen-bond acceptors (Lipinski definition) is 0. The lowest BCUT2D eigenvalue weighted by Crippen LogP contribution is -2.10. The second-order valence-electron chi connectivity index (χ2n) is 4.32. The highest BCUT2D eigenvalue weighted by Crippen LogP contribution is 2.57. The van der Waals surface area contributed by atoms with Gasteiger partial charge in [-0.15, -0.1) is 0 Å². The van der Waals surface area contributed by atoms with Crippen LogP contribution in [0.1, 0.15) is 40.0 Å². The van der Waals surface area contributed by atoms with E-state index in [0.717, 1.165) is 11.8 Å². The maximum Gasteiger partial charge on any atom is 0.00907 e. The summed E-state index contributed by atoms with van der Waals surface area (Å²) in [5.74, 6) is 1.88. The van der Waals surface area contributed by atoms with E-state index in [1.54, 1.807) is 0 Å². The van der Waals surface area contributed by atoms with Crippen LogP contribution in [0, 0.1) is 17.3 Å². The minimum absolute atomic E-state index is 0.690. The van der Waals surface area contributed by atoms with Crippen LogP contribution < -0.4 is 0 Å². The topological polar surface area (TPSA) is 0 Å². The van der Waals surface area contributed by atoms with Crippen LogP contribution in [0.15, 0.2) is 0 Å². The SMILES string of the molecule is CCC(C)CC1(CBr)CC1C. The van der Waals surface area contributed by atoms with Gasteiger partial charge in [-0.3, -0.25) is 0 Å². The van der Waals surface area contributed by atoms with Gasteiger partial charge in [0.2, 0.25) is 0 Å². The van der Waals surface area contributed by atoms with Crippen LogP contribution in [0.4, 0.5) is 0 Å². The molecule has 0 aliphatic heterocycles. The molecule has 0 radical (unpaired) electrons. The summed E-state index contributed by atoms with van der Waals surface area (Å²) >= 11 is 3.63. The van der Waals surface area contributed by atoms with Crippen molar-refractivity contribution in [2.45, 2.75) is 40.0 Å². The first-order chi connectivity index (χ1) is 5.14. The van der Waals surface area contributed by atoms with Crippen molar-refractivity contribution in [3.63, 3.8) is 0 Å². The van der Waals surface area contributed by atoms with E-state index in [1.807, 2.05) is 0 Å². The lowest BCUT2D eigenvalue weighted by atomic mass is 9.91. The first-order valence-electron chi connectivity index (χ1n) is 4.70. The van der Waals surface area contributed by atoms with Gasteiger partial charge >= 0.3 is 0 Å². The zero-order valence-electron chi connectivity index (χ0n) is 7.86. The normalized spacial score (nSPS) is 38.7. The average molecular weight is 219 g/mol. The summed E-state index contributed by atoms with van der Waals surface area (Å²) in [5.41, 5.74) is 0.690. The third-order valence-corrected chi connectivity index (χ3v) is 4.43. The highest BCUT2D eigenvalue weighted by Gasteiger charge is 2.49. The van der Waals surface area contributed by atoms with Gasteiger partial charge in [-0.05, 0) is 30.1 Å². The van der Waals surface area contributed by atoms with Gasteiger partial charge in [-0.1, -0.05) is 43.1 Å². The van der Waals surface area contributed by atoms with E-state index < -0.39 is 0 Å². The number of halogens is 1. The molecule has 3 unspecified atom stereocenters. The minimum atomic E-state index is 0.690. The van der Waals surface area contributed by atoms with Crippen molar-refractivity contribution in [1.29, 1.82) is 0 Å². The van der Waals surface area contributed by atoms with Gasteiger partial charge in [-0.2, -0.15) is 0 Å². The maximum absolute atomic E-state index is 3.63. The molecule has 0 bridgehead atoms. The van der Waals surface area contributed by atoms with E-state index in [1.165, 1.54) is 24.6 Å². The standard InChI is InChI=1S/C10H19Br/c1-4-8(2)5-10(7-11)6-9(10)3/h8-9H,4-7H2,1-3H3. The van der Waals surface area contributed by atoms with Crippen LogP contribution in [0.5, 0.6) is 0 Å². The fourth-order valence-corrected chi connectivity index (χ4v) is 2.93. The minimum Gasteiger partial charge on any atom is -0.0922 e. The Balaban J connectivity index is 2.35. The molecule has 0 spiro atoms. The van der Waals surface area contributed by atoms with Gasteiger partial charge in [0.15, 0.2) is 0 Å². The number of rotatable bonds is 4. The van der Waals surface area contributed by atoms with Crippen molar-refractivity contribution < 1.29 is 0 Å². The van der Waals surface area contributed by atoms with E-state index in [-0.39, 0.29) is 0 Å². The summed E-state index contributed by atoms with van der Waals surface area (Å²) in [6.45, 7) is 7.04. The second kappa shape index (κ2) is 3.47. The zero-order chi connectivity index (χ0) is 8.48. The van der Waals surface area contributed by atoms with Crippen molar-refractivity contribution in [2.24, 2.45) is 17.3 Å². The van der Waals surface area contributed by atoms with E-state index in [2.05, 4.69) is 36.7 Å². The van der Waals surface area contributed by atoms with Crippen molar-refractivity contribution in [2.75, 3.05) is 5.33 Å². The molecule has 1 heteroatoms. The van der Waals surface area contributed by atoms with Gasteiger partial charge in [0.25, 0.3) is 0 Å². The van der Waals surface area contributed by atoms with Crippen LogP contribution in [0.25, 0.3) is 0 Å². The summed E-state index contributed by atoms with van der Waals surface area (Å²) in [6.07, 6.45) is 4.21. The Kier molecular flexibility index (Phi) is 3.02. The Morgan fingerprint density at radius 1 is 1.64 bits per heavy atom. The molecule has 1 aliphatic carbocycles. The number of alkyl halides is 1. The molecule has 0 aromatic heterocycles. The monoisotopic (exact) mass is 218 g/mol. The largest absolute Gasteiger partial charge is 0.0922 e. The molecular formula is C10H19Br. The molecule has 66 valence electrons. The molecule has 0 amide bonds. The molecule has 1 rings (SSSR count).